The van der Waals surface area contributed by atoms with Gasteiger partial charge in [-0.25, -0.2) is 9.07 Å². The lowest BCUT2D eigenvalue weighted by molar-refractivity contribution is 0.627. The first-order valence-electron chi connectivity index (χ1n) is 10.1. The molecule has 0 saturated carbocycles. The average molecular weight is 400 g/mol. The molecule has 0 atom stereocenters. The quantitative estimate of drug-likeness (QED) is 0.323. The zero-order chi connectivity index (χ0) is 21.1. The van der Waals surface area contributed by atoms with E-state index in [1.54, 1.807) is 19.2 Å². The third-order valence-corrected chi connectivity index (χ3v) is 4.61. The topological polar surface area (TPSA) is 104 Å². The first-order chi connectivity index (χ1) is 14.1. The van der Waals surface area contributed by atoms with Crippen molar-refractivity contribution in [3.63, 3.8) is 0 Å². The molecule has 156 valence electrons. The van der Waals surface area contributed by atoms with Gasteiger partial charge < -0.3 is 16.4 Å². The molecule has 1 aromatic heterocycles. The minimum atomic E-state index is -0.335. The largest absolute Gasteiger partial charge is 0.382 e. The fraction of sp³-hybridized carbons (Fsp3) is 0.476. The fourth-order valence-electron chi connectivity index (χ4n) is 3.00. The number of nitrogens with one attached hydrogen (secondary N) is 2. The highest BCUT2D eigenvalue weighted by Gasteiger charge is 2.16. The molecule has 0 aliphatic carbocycles. The number of aliphatic imine (C=N–C) groups is 1. The highest BCUT2D eigenvalue weighted by Crippen LogP contribution is 2.21. The van der Waals surface area contributed by atoms with Gasteiger partial charge in [-0.2, -0.15) is 10.4 Å². The summed E-state index contributed by atoms with van der Waals surface area (Å²) in [6.07, 6.45) is 6.18. The van der Waals surface area contributed by atoms with Crippen LogP contribution in [-0.4, -0.2) is 35.9 Å². The molecule has 1 aromatic carbocycles. The normalized spacial score (nSPS) is 11.3. The van der Waals surface area contributed by atoms with E-state index in [-0.39, 0.29) is 11.6 Å². The van der Waals surface area contributed by atoms with E-state index in [1.165, 1.54) is 36.1 Å². The molecule has 0 unspecified atom stereocenters. The molecule has 0 radical (unpaired) electrons. The van der Waals surface area contributed by atoms with Crippen LogP contribution in [0.25, 0.3) is 5.69 Å². The molecule has 0 amide bonds. The van der Waals surface area contributed by atoms with Crippen molar-refractivity contribution >= 4 is 11.8 Å². The van der Waals surface area contributed by atoms with Crippen molar-refractivity contribution in [1.29, 1.82) is 5.26 Å². The SMILES string of the molecule is CCCCCCNC(=NC)NCCCc1nn(-c2ccc(F)cc2)c(N)c1C#N. The lowest BCUT2D eigenvalue weighted by Crippen LogP contribution is -2.38. The average Bonchev–Trinajstić information content (AvgIpc) is 3.05. The number of aryl methyl sites for hydroxylation is 1. The van der Waals surface area contributed by atoms with Gasteiger partial charge in [-0.1, -0.05) is 26.2 Å². The summed E-state index contributed by atoms with van der Waals surface area (Å²) in [5, 5.41) is 20.5. The van der Waals surface area contributed by atoms with Crippen molar-refractivity contribution in [2.24, 2.45) is 4.99 Å². The second-order valence-corrected chi connectivity index (χ2v) is 6.80. The molecule has 0 saturated heterocycles. The summed E-state index contributed by atoms with van der Waals surface area (Å²) in [7, 11) is 1.75. The number of nitrogens with two attached hydrogens (primary N) is 1. The van der Waals surface area contributed by atoms with Gasteiger partial charge in [0.05, 0.1) is 11.4 Å². The number of nitriles is 1. The maximum atomic E-state index is 13.2. The predicted octanol–water partition coefficient (Wildman–Crippen LogP) is 3.14. The lowest BCUT2D eigenvalue weighted by atomic mass is 10.1. The zero-order valence-corrected chi connectivity index (χ0v) is 17.2. The zero-order valence-electron chi connectivity index (χ0n) is 17.2. The van der Waals surface area contributed by atoms with E-state index in [2.05, 4.69) is 33.7 Å². The van der Waals surface area contributed by atoms with E-state index in [1.807, 2.05) is 0 Å². The number of aromatic nitrogens is 2. The Morgan fingerprint density at radius 1 is 1.17 bits per heavy atom. The highest BCUT2D eigenvalue weighted by molar-refractivity contribution is 5.79. The number of rotatable bonds is 10. The molecule has 1 heterocycles. The number of hydrogen-bond donors (Lipinski definition) is 3. The first kappa shape index (κ1) is 22.2. The van der Waals surface area contributed by atoms with E-state index in [4.69, 9.17) is 5.73 Å². The smallest absolute Gasteiger partial charge is 0.190 e. The Balaban J connectivity index is 1.88. The van der Waals surface area contributed by atoms with Crippen molar-refractivity contribution < 1.29 is 4.39 Å². The van der Waals surface area contributed by atoms with Crippen molar-refractivity contribution in [1.82, 2.24) is 20.4 Å². The van der Waals surface area contributed by atoms with Crippen LogP contribution in [0.3, 0.4) is 0 Å². The molecule has 29 heavy (non-hydrogen) atoms. The van der Waals surface area contributed by atoms with Crippen LogP contribution in [0.1, 0.15) is 50.3 Å². The lowest BCUT2D eigenvalue weighted by Gasteiger charge is -2.11. The summed E-state index contributed by atoms with van der Waals surface area (Å²) < 4.78 is 14.6. The number of halogens is 1. The predicted molar refractivity (Wildman–Crippen MR) is 114 cm³/mol. The fourth-order valence-corrected chi connectivity index (χ4v) is 3.00. The van der Waals surface area contributed by atoms with Crippen LogP contribution in [0.15, 0.2) is 29.3 Å². The number of benzene rings is 1. The number of hydrogen-bond acceptors (Lipinski definition) is 4. The Kier molecular flexibility index (Phi) is 8.96. The van der Waals surface area contributed by atoms with Crippen molar-refractivity contribution in [2.45, 2.75) is 45.4 Å². The van der Waals surface area contributed by atoms with Crippen molar-refractivity contribution in [2.75, 3.05) is 25.9 Å². The maximum Gasteiger partial charge on any atom is 0.190 e. The molecule has 0 bridgehead atoms. The van der Waals surface area contributed by atoms with Gasteiger partial charge in [-0.3, -0.25) is 4.99 Å². The summed E-state index contributed by atoms with van der Waals surface area (Å²) in [5.41, 5.74) is 7.72. The summed E-state index contributed by atoms with van der Waals surface area (Å²) >= 11 is 0. The second kappa shape index (κ2) is 11.7. The van der Waals surface area contributed by atoms with Crippen LogP contribution in [-0.2, 0) is 6.42 Å². The molecule has 0 spiro atoms. The monoisotopic (exact) mass is 399 g/mol. The van der Waals surface area contributed by atoms with Crippen LogP contribution in [0.2, 0.25) is 0 Å². The Hall–Kier alpha value is -3.08. The van der Waals surface area contributed by atoms with E-state index in [9.17, 15) is 9.65 Å². The minimum Gasteiger partial charge on any atom is -0.382 e. The van der Waals surface area contributed by atoms with Gasteiger partial charge >= 0.3 is 0 Å². The summed E-state index contributed by atoms with van der Waals surface area (Å²) in [6, 6.07) is 7.98. The molecule has 2 aromatic rings. The van der Waals surface area contributed by atoms with Gasteiger partial charge in [0.2, 0.25) is 0 Å². The van der Waals surface area contributed by atoms with Gasteiger partial charge in [0.15, 0.2) is 5.96 Å². The highest BCUT2D eigenvalue weighted by atomic mass is 19.1. The standard InChI is InChI=1S/C21H30FN7/c1-3-4-5-6-13-26-21(25-2)27-14-7-8-19-18(15-23)20(24)29(28-19)17-11-9-16(22)10-12-17/h9-12H,3-8,13-14,24H2,1-2H3,(H2,25,26,27). The molecule has 2 rings (SSSR count). The van der Waals surface area contributed by atoms with Gasteiger partial charge in [0.25, 0.3) is 0 Å². The number of nitrogen functional groups attached to an aromatic ring is 1. The molecular weight excluding hydrogens is 369 g/mol. The third kappa shape index (κ3) is 6.49. The Labute approximate surface area is 171 Å². The number of anilines is 1. The Morgan fingerprint density at radius 2 is 1.86 bits per heavy atom. The van der Waals surface area contributed by atoms with Gasteiger partial charge in [0.1, 0.15) is 23.3 Å². The van der Waals surface area contributed by atoms with Gasteiger partial charge in [0, 0.05) is 20.1 Å². The van der Waals surface area contributed by atoms with Crippen LogP contribution < -0.4 is 16.4 Å². The molecule has 0 fully saturated rings. The molecule has 0 aliphatic rings. The molecule has 4 N–H and O–H groups in total. The molecule has 7 nitrogen and oxygen atoms in total. The van der Waals surface area contributed by atoms with E-state index < -0.39 is 0 Å². The summed E-state index contributed by atoms with van der Waals surface area (Å²) in [4.78, 5) is 4.22. The van der Waals surface area contributed by atoms with E-state index in [0.29, 0.717) is 29.9 Å². The summed E-state index contributed by atoms with van der Waals surface area (Å²) in [6.45, 7) is 3.79. The van der Waals surface area contributed by atoms with E-state index >= 15 is 0 Å². The number of nitrogens with zero attached hydrogens (tertiary/aromatic N) is 4. The molecular formula is C21H30FN7. The second-order valence-electron chi connectivity index (χ2n) is 6.80. The molecule has 8 heteroatoms. The van der Waals surface area contributed by atoms with Crippen LogP contribution in [0.4, 0.5) is 10.2 Å². The Bertz CT molecular complexity index is 834. The number of guanidine groups is 1. The van der Waals surface area contributed by atoms with Crippen molar-refractivity contribution in [3.05, 3.63) is 41.3 Å². The Morgan fingerprint density at radius 3 is 2.48 bits per heavy atom. The van der Waals surface area contributed by atoms with E-state index in [0.717, 1.165) is 25.3 Å². The van der Waals surface area contributed by atoms with Crippen LogP contribution in [0, 0.1) is 17.1 Å². The van der Waals surface area contributed by atoms with Crippen LogP contribution in [0.5, 0.6) is 0 Å². The third-order valence-electron chi connectivity index (χ3n) is 4.61. The van der Waals surface area contributed by atoms with Crippen LogP contribution >= 0.6 is 0 Å². The van der Waals surface area contributed by atoms with Gasteiger partial charge in [-0.15, -0.1) is 0 Å². The minimum absolute atomic E-state index is 0.270. The summed E-state index contributed by atoms with van der Waals surface area (Å²) in [5.74, 6) is 0.712. The molecule has 0 aliphatic heterocycles. The number of unbranched alkanes of at least 4 members (excludes halogenated alkanes) is 3. The first-order valence-corrected chi connectivity index (χ1v) is 10.1. The van der Waals surface area contributed by atoms with Gasteiger partial charge in [-0.05, 0) is 43.5 Å². The van der Waals surface area contributed by atoms with Crippen molar-refractivity contribution in [3.8, 4) is 11.8 Å². The maximum absolute atomic E-state index is 13.2.